The van der Waals surface area contributed by atoms with E-state index < -0.39 is 0 Å². The molecule has 3 rings (SSSR count). The summed E-state index contributed by atoms with van der Waals surface area (Å²) in [5.41, 5.74) is 11.0. The van der Waals surface area contributed by atoms with Crippen LogP contribution in [0.2, 0.25) is 0 Å². The molecule has 0 aliphatic heterocycles. The number of benzene rings is 1. The van der Waals surface area contributed by atoms with E-state index in [1.54, 1.807) is 6.20 Å². The van der Waals surface area contributed by atoms with E-state index in [1.807, 2.05) is 36.9 Å². The van der Waals surface area contributed by atoms with Crippen molar-refractivity contribution in [2.75, 3.05) is 24.7 Å². The van der Waals surface area contributed by atoms with Crippen LogP contribution in [0.25, 0.3) is 16.9 Å². The number of nitrogen functional groups attached to an aromatic ring is 1. The van der Waals surface area contributed by atoms with Gasteiger partial charge in [-0.1, -0.05) is 6.07 Å². The Morgan fingerprint density at radius 1 is 1.20 bits per heavy atom. The summed E-state index contributed by atoms with van der Waals surface area (Å²) in [6.07, 6.45) is 1.75. The fourth-order valence-corrected chi connectivity index (χ4v) is 2.40. The maximum atomic E-state index is 6.05. The highest BCUT2D eigenvalue weighted by Gasteiger charge is 2.12. The minimum atomic E-state index is 0.451. The lowest BCUT2D eigenvalue weighted by Crippen LogP contribution is -2.11. The van der Waals surface area contributed by atoms with E-state index in [4.69, 9.17) is 5.73 Å². The number of aromatic nitrogens is 3. The Hall–Kier alpha value is -2.56. The van der Waals surface area contributed by atoms with Gasteiger partial charge in [0.05, 0.1) is 5.69 Å². The molecule has 5 nitrogen and oxygen atoms in total. The van der Waals surface area contributed by atoms with Gasteiger partial charge in [-0.25, -0.2) is 9.97 Å². The minimum absolute atomic E-state index is 0.451. The van der Waals surface area contributed by atoms with Crippen molar-refractivity contribution in [1.29, 1.82) is 0 Å². The molecule has 0 aliphatic rings. The molecule has 3 aromatic rings. The summed E-state index contributed by atoms with van der Waals surface area (Å²) in [6, 6.07) is 9.99. The van der Waals surface area contributed by atoms with Crippen LogP contribution in [-0.4, -0.2) is 28.6 Å². The second-order valence-corrected chi connectivity index (χ2v) is 5.02. The first-order valence-electron chi connectivity index (χ1n) is 6.45. The lowest BCUT2D eigenvalue weighted by molar-refractivity contribution is 1.06. The zero-order valence-corrected chi connectivity index (χ0v) is 11.8. The first-order chi connectivity index (χ1) is 9.58. The molecule has 0 spiro atoms. The average molecular weight is 267 g/mol. The molecule has 0 saturated heterocycles. The summed E-state index contributed by atoms with van der Waals surface area (Å²) in [6.45, 7) is 2.09. The summed E-state index contributed by atoms with van der Waals surface area (Å²) in [5.74, 6) is 0.451. The van der Waals surface area contributed by atoms with Crippen molar-refractivity contribution >= 4 is 22.8 Å². The molecule has 0 unspecified atom stereocenters. The molecule has 102 valence electrons. The number of hydrogen-bond acceptors (Lipinski definition) is 4. The van der Waals surface area contributed by atoms with Gasteiger partial charge >= 0.3 is 0 Å². The number of pyridine rings is 1. The summed E-state index contributed by atoms with van der Waals surface area (Å²) < 4.78 is 1.88. The number of imidazole rings is 1. The van der Waals surface area contributed by atoms with Crippen molar-refractivity contribution in [1.82, 2.24) is 14.5 Å². The summed E-state index contributed by atoms with van der Waals surface area (Å²) in [5, 5.41) is 0. The van der Waals surface area contributed by atoms with E-state index in [0.29, 0.717) is 5.95 Å². The first-order valence-corrected chi connectivity index (χ1v) is 6.45. The van der Waals surface area contributed by atoms with E-state index in [9.17, 15) is 0 Å². The molecule has 0 amide bonds. The SMILES string of the molecule is Cc1ccc(-n2c(N)nc3cccnc32)cc1N(C)C. The van der Waals surface area contributed by atoms with E-state index in [0.717, 1.165) is 22.5 Å². The van der Waals surface area contributed by atoms with Crippen molar-refractivity contribution in [2.24, 2.45) is 0 Å². The van der Waals surface area contributed by atoms with Crippen molar-refractivity contribution < 1.29 is 0 Å². The van der Waals surface area contributed by atoms with Crippen LogP contribution in [0.15, 0.2) is 36.5 Å². The van der Waals surface area contributed by atoms with Gasteiger partial charge in [-0.05, 0) is 36.8 Å². The largest absolute Gasteiger partial charge is 0.377 e. The Kier molecular flexibility index (Phi) is 2.82. The molecule has 0 radical (unpaired) electrons. The van der Waals surface area contributed by atoms with Crippen molar-refractivity contribution in [3.05, 3.63) is 42.1 Å². The van der Waals surface area contributed by atoms with Crippen LogP contribution in [0.4, 0.5) is 11.6 Å². The predicted octanol–water partition coefficient (Wildman–Crippen LogP) is 2.38. The van der Waals surface area contributed by atoms with Gasteiger partial charge in [-0.3, -0.25) is 4.57 Å². The Labute approximate surface area is 117 Å². The molecular weight excluding hydrogens is 250 g/mol. The van der Waals surface area contributed by atoms with Gasteiger partial charge in [0.15, 0.2) is 5.65 Å². The van der Waals surface area contributed by atoms with Crippen LogP contribution < -0.4 is 10.6 Å². The maximum absolute atomic E-state index is 6.05. The van der Waals surface area contributed by atoms with Gasteiger partial charge in [0.25, 0.3) is 0 Å². The molecule has 0 fully saturated rings. The number of rotatable bonds is 2. The maximum Gasteiger partial charge on any atom is 0.207 e. The zero-order valence-electron chi connectivity index (χ0n) is 11.8. The highest BCUT2D eigenvalue weighted by atomic mass is 15.2. The number of nitrogens with two attached hydrogens (primary N) is 1. The number of hydrogen-bond donors (Lipinski definition) is 1. The third kappa shape index (κ3) is 1.87. The molecule has 0 aliphatic carbocycles. The topological polar surface area (TPSA) is 60.0 Å². The van der Waals surface area contributed by atoms with Crippen LogP contribution in [0, 0.1) is 6.92 Å². The van der Waals surface area contributed by atoms with E-state index in [1.165, 1.54) is 5.56 Å². The molecule has 0 saturated carbocycles. The first kappa shape index (κ1) is 12.5. The second kappa shape index (κ2) is 4.52. The highest BCUT2D eigenvalue weighted by Crippen LogP contribution is 2.26. The van der Waals surface area contributed by atoms with Crippen molar-refractivity contribution in [3.63, 3.8) is 0 Å². The Balaban J connectivity index is 2.26. The van der Waals surface area contributed by atoms with Crippen molar-refractivity contribution in [3.8, 4) is 5.69 Å². The highest BCUT2D eigenvalue weighted by molar-refractivity contribution is 5.77. The normalized spacial score (nSPS) is 10.9. The van der Waals surface area contributed by atoms with Crippen LogP contribution in [0.1, 0.15) is 5.56 Å². The standard InChI is InChI=1S/C15H17N5/c1-10-6-7-11(9-13(10)19(2)3)20-14-12(18-15(20)16)5-4-8-17-14/h4-9H,1-3H3,(H2,16,18). The number of aryl methyl sites for hydroxylation is 1. The van der Waals surface area contributed by atoms with Gasteiger partial charge < -0.3 is 10.6 Å². The Morgan fingerprint density at radius 2 is 2.00 bits per heavy atom. The van der Waals surface area contributed by atoms with Gasteiger partial charge in [-0.15, -0.1) is 0 Å². The predicted molar refractivity (Wildman–Crippen MR) is 82.3 cm³/mol. The summed E-state index contributed by atoms with van der Waals surface area (Å²) in [4.78, 5) is 10.8. The molecule has 2 heterocycles. The molecule has 0 atom stereocenters. The lowest BCUT2D eigenvalue weighted by Gasteiger charge is -2.17. The summed E-state index contributed by atoms with van der Waals surface area (Å²) >= 11 is 0. The van der Waals surface area contributed by atoms with Gasteiger partial charge in [-0.2, -0.15) is 0 Å². The molecule has 2 aromatic heterocycles. The number of fused-ring (bicyclic) bond motifs is 1. The van der Waals surface area contributed by atoms with Crippen LogP contribution in [0.3, 0.4) is 0 Å². The van der Waals surface area contributed by atoms with E-state index >= 15 is 0 Å². The smallest absolute Gasteiger partial charge is 0.207 e. The zero-order chi connectivity index (χ0) is 14.3. The summed E-state index contributed by atoms with van der Waals surface area (Å²) in [7, 11) is 4.06. The van der Waals surface area contributed by atoms with E-state index in [-0.39, 0.29) is 0 Å². The third-order valence-corrected chi connectivity index (χ3v) is 3.37. The molecule has 5 heteroatoms. The van der Waals surface area contributed by atoms with E-state index in [2.05, 4.69) is 33.9 Å². The lowest BCUT2D eigenvalue weighted by atomic mass is 10.1. The molecule has 20 heavy (non-hydrogen) atoms. The van der Waals surface area contributed by atoms with Gasteiger partial charge in [0, 0.05) is 26.0 Å². The fraction of sp³-hybridized carbons (Fsp3) is 0.200. The van der Waals surface area contributed by atoms with Crippen LogP contribution in [0.5, 0.6) is 0 Å². The Morgan fingerprint density at radius 3 is 2.75 bits per heavy atom. The van der Waals surface area contributed by atoms with Gasteiger partial charge in [0.2, 0.25) is 5.95 Å². The van der Waals surface area contributed by atoms with Crippen molar-refractivity contribution in [2.45, 2.75) is 6.92 Å². The fourth-order valence-electron chi connectivity index (χ4n) is 2.40. The number of anilines is 2. The third-order valence-electron chi connectivity index (χ3n) is 3.37. The van der Waals surface area contributed by atoms with Crippen LogP contribution in [-0.2, 0) is 0 Å². The Bertz CT molecular complexity index is 773. The quantitative estimate of drug-likeness (QED) is 0.774. The molecular formula is C15H17N5. The molecule has 0 bridgehead atoms. The number of nitrogens with zero attached hydrogens (tertiary/aromatic N) is 4. The average Bonchev–Trinajstić information content (AvgIpc) is 2.75. The molecule has 1 aromatic carbocycles. The second-order valence-electron chi connectivity index (χ2n) is 5.02. The van der Waals surface area contributed by atoms with Gasteiger partial charge in [0.1, 0.15) is 5.52 Å². The van der Waals surface area contributed by atoms with Crippen LogP contribution >= 0.6 is 0 Å². The molecule has 2 N–H and O–H groups in total. The minimum Gasteiger partial charge on any atom is -0.377 e. The monoisotopic (exact) mass is 267 g/mol.